The van der Waals surface area contributed by atoms with Gasteiger partial charge in [-0.1, -0.05) is 37.5 Å². The van der Waals surface area contributed by atoms with Crippen molar-refractivity contribution in [2.24, 2.45) is 11.1 Å². The Balaban J connectivity index is 0.00000156. The molecule has 1 saturated heterocycles. The number of hydrogen-bond donors (Lipinski definition) is 1. The Morgan fingerprint density at radius 1 is 0.960 bits per heavy atom. The van der Waals surface area contributed by atoms with E-state index in [1.54, 1.807) is 0 Å². The maximum atomic E-state index is 12.7. The van der Waals surface area contributed by atoms with Crippen LogP contribution < -0.4 is 10.6 Å². The number of carbonyl (C=O) groups excluding carboxylic acids is 1. The minimum absolute atomic E-state index is 0. The van der Waals surface area contributed by atoms with Crippen molar-refractivity contribution in [3.63, 3.8) is 0 Å². The lowest BCUT2D eigenvalue weighted by Crippen LogP contribution is -2.50. The van der Waals surface area contributed by atoms with Gasteiger partial charge in [-0.05, 0) is 36.9 Å². The van der Waals surface area contributed by atoms with Gasteiger partial charge in [-0.15, -0.1) is 24.8 Å². The fourth-order valence-corrected chi connectivity index (χ4v) is 4.04. The lowest BCUT2D eigenvalue weighted by molar-refractivity contribution is -0.134. The molecule has 1 amide bonds. The van der Waals surface area contributed by atoms with E-state index in [0.29, 0.717) is 18.9 Å². The summed E-state index contributed by atoms with van der Waals surface area (Å²) in [6, 6.07) is 10.5. The SMILES string of the molecule is Cl.Cl.NCC1(CC(=O)N2CCN(c3ccccc3)CC2)CCCCC1. The molecule has 4 nitrogen and oxygen atoms in total. The number of piperazine rings is 1. The lowest BCUT2D eigenvalue weighted by Gasteiger charge is -2.40. The van der Waals surface area contributed by atoms with Gasteiger partial charge in [-0.25, -0.2) is 0 Å². The highest BCUT2D eigenvalue weighted by molar-refractivity contribution is 5.85. The fraction of sp³-hybridized carbons (Fsp3) is 0.632. The van der Waals surface area contributed by atoms with E-state index in [-0.39, 0.29) is 30.2 Å². The summed E-state index contributed by atoms with van der Waals surface area (Å²) in [5.41, 5.74) is 7.37. The third-order valence-electron chi connectivity index (χ3n) is 5.63. The Labute approximate surface area is 163 Å². The molecule has 1 heterocycles. The second-order valence-corrected chi connectivity index (χ2v) is 7.14. The van der Waals surface area contributed by atoms with E-state index in [1.165, 1.54) is 24.9 Å². The molecule has 1 aliphatic heterocycles. The molecule has 0 radical (unpaired) electrons. The van der Waals surface area contributed by atoms with Gasteiger partial charge in [0.25, 0.3) is 0 Å². The zero-order valence-electron chi connectivity index (χ0n) is 14.9. The van der Waals surface area contributed by atoms with E-state index >= 15 is 0 Å². The monoisotopic (exact) mass is 387 g/mol. The van der Waals surface area contributed by atoms with Crippen LogP contribution >= 0.6 is 24.8 Å². The Kier molecular flexibility index (Phi) is 9.04. The van der Waals surface area contributed by atoms with Gasteiger partial charge in [0.15, 0.2) is 0 Å². The molecular formula is C19H31Cl2N3O. The quantitative estimate of drug-likeness (QED) is 0.859. The zero-order valence-corrected chi connectivity index (χ0v) is 16.5. The number of halogens is 2. The van der Waals surface area contributed by atoms with Gasteiger partial charge in [0.2, 0.25) is 5.91 Å². The van der Waals surface area contributed by atoms with Gasteiger partial charge < -0.3 is 15.5 Å². The lowest BCUT2D eigenvalue weighted by atomic mass is 9.71. The maximum absolute atomic E-state index is 12.7. The smallest absolute Gasteiger partial charge is 0.223 e. The predicted octanol–water partition coefficient (Wildman–Crippen LogP) is 3.48. The molecule has 0 aromatic heterocycles. The van der Waals surface area contributed by atoms with Gasteiger partial charge in [0.05, 0.1) is 0 Å². The number of nitrogens with zero attached hydrogens (tertiary/aromatic N) is 2. The fourth-order valence-electron chi connectivity index (χ4n) is 4.04. The van der Waals surface area contributed by atoms with Crippen LogP contribution in [-0.2, 0) is 4.79 Å². The average Bonchev–Trinajstić information content (AvgIpc) is 2.63. The Bertz CT molecular complexity index is 513. The van der Waals surface area contributed by atoms with Crippen molar-refractivity contribution >= 4 is 36.4 Å². The predicted molar refractivity (Wildman–Crippen MR) is 109 cm³/mol. The number of anilines is 1. The number of hydrogen-bond acceptors (Lipinski definition) is 3. The molecule has 3 rings (SSSR count). The van der Waals surface area contributed by atoms with Crippen LogP contribution in [0.4, 0.5) is 5.69 Å². The molecule has 2 fully saturated rings. The van der Waals surface area contributed by atoms with Crippen LogP contribution in [0.3, 0.4) is 0 Å². The first kappa shape index (κ1) is 22.1. The molecule has 1 aromatic rings. The van der Waals surface area contributed by atoms with Gasteiger partial charge in [0.1, 0.15) is 0 Å². The number of benzene rings is 1. The van der Waals surface area contributed by atoms with Gasteiger partial charge >= 0.3 is 0 Å². The third-order valence-corrected chi connectivity index (χ3v) is 5.63. The van der Waals surface area contributed by atoms with Crippen molar-refractivity contribution in [1.29, 1.82) is 0 Å². The molecule has 0 spiro atoms. The van der Waals surface area contributed by atoms with Gasteiger partial charge in [-0.2, -0.15) is 0 Å². The van der Waals surface area contributed by atoms with Gasteiger partial charge in [-0.3, -0.25) is 4.79 Å². The highest BCUT2D eigenvalue weighted by Gasteiger charge is 2.35. The van der Waals surface area contributed by atoms with Crippen LogP contribution in [0.1, 0.15) is 38.5 Å². The summed E-state index contributed by atoms with van der Waals surface area (Å²) in [7, 11) is 0. The molecule has 2 aliphatic rings. The number of para-hydroxylation sites is 1. The van der Waals surface area contributed by atoms with Crippen molar-refractivity contribution < 1.29 is 4.79 Å². The summed E-state index contributed by atoms with van der Waals surface area (Å²) >= 11 is 0. The van der Waals surface area contributed by atoms with Gasteiger partial charge in [0, 0.05) is 38.3 Å². The highest BCUT2D eigenvalue weighted by Crippen LogP contribution is 2.38. The van der Waals surface area contributed by atoms with Crippen molar-refractivity contribution in [3.05, 3.63) is 30.3 Å². The zero-order chi connectivity index (χ0) is 16.1. The summed E-state index contributed by atoms with van der Waals surface area (Å²) in [4.78, 5) is 17.1. The Hall–Kier alpha value is -0.970. The van der Waals surface area contributed by atoms with Crippen LogP contribution in [-0.4, -0.2) is 43.5 Å². The first-order chi connectivity index (χ1) is 11.2. The maximum Gasteiger partial charge on any atom is 0.223 e. The average molecular weight is 388 g/mol. The molecular weight excluding hydrogens is 357 g/mol. The topological polar surface area (TPSA) is 49.6 Å². The Morgan fingerprint density at radius 3 is 2.12 bits per heavy atom. The minimum atomic E-state index is 0. The number of amides is 1. The highest BCUT2D eigenvalue weighted by atomic mass is 35.5. The standard InChI is InChI=1S/C19H29N3O.2ClH/c20-16-19(9-5-2-6-10-19)15-18(23)22-13-11-21(12-14-22)17-7-3-1-4-8-17;;/h1,3-4,7-8H,2,5-6,9-16,20H2;2*1H. The Morgan fingerprint density at radius 2 is 1.56 bits per heavy atom. The molecule has 1 aromatic carbocycles. The molecule has 142 valence electrons. The molecule has 0 atom stereocenters. The summed E-state index contributed by atoms with van der Waals surface area (Å²) in [6.45, 7) is 4.15. The van der Waals surface area contributed by atoms with E-state index in [1.807, 2.05) is 11.0 Å². The molecule has 0 bridgehead atoms. The van der Waals surface area contributed by atoms with Crippen LogP contribution in [0.5, 0.6) is 0 Å². The van der Waals surface area contributed by atoms with E-state index in [0.717, 1.165) is 39.0 Å². The number of rotatable bonds is 4. The van der Waals surface area contributed by atoms with Crippen LogP contribution in [0.25, 0.3) is 0 Å². The van der Waals surface area contributed by atoms with Crippen LogP contribution in [0.2, 0.25) is 0 Å². The number of carbonyl (C=O) groups is 1. The van der Waals surface area contributed by atoms with Crippen molar-refractivity contribution in [1.82, 2.24) is 4.90 Å². The second kappa shape index (κ2) is 10.2. The van der Waals surface area contributed by atoms with Crippen LogP contribution in [0, 0.1) is 5.41 Å². The minimum Gasteiger partial charge on any atom is -0.368 e. The van der Waals surface area contributed by atoms with E-state index < -0.39 is 0 Å². The molecule has 0 unspecified atom stereocenters. The molecule has 1 saturated carbocycles. The summed E-state index contributed by atoms with van der Waals surface area (Å²) < 4.78 is 0. The first-order valence-electron chi connectivity index (χ1n) is 9.00. The van der Waals surface area contributed by atoms with Crippen molar-refractivity contribution in [3.8, 4) is 0 Å². The molecule has 2 N–H and O–H groups in total. The van der Waals surface area contributed by atoms with Crippen molar-refractivity contribution in [2.75, 3.05) is 37.6 Å². The largest absolute Gasteiger partial charge is 0.368 e. The van der Waals surface area contributed by atoms with E-state index in [9.17, 15) is 4.79 Å². The molecule has 25 heavy (non-hydrogen) atoms. The van der Waals surface area contributed by atoms with Crippen LogP contribution in [0.15, 0.2) is 30.3 Å². The molecule has 6 heteroatoms. The normalized spacial score (nSPS) is 19.6. The van der Waals surface area contributed by atoms with E-state index in [4.69, 9.17) is 5.73 Å². The number of nitrogens with two attached hydrogens (primary N) is 1. The first-order valence-corrected chi connectivity index (χ1v) is 9.00. The summed E-state index contributed by atoms with van der Waals surface area (Å²) in [5, 5.41) is 0. The summed E-state index contributed by atoms with van der Waals surface area (Å²) in [6.07, 6.45) is 6.65. The second-order valence-electron chi connectivity index (χ2n) is 7.14. The molecule has 1 aliphatic carbocycles. The summed E-state index contributed by atoms with van der Waals surface area (Å²) in [5.74, 6) is 0.310. The van der Waals surface area contributed by atoms with E-state index in [2.05, 4.69) is 29.2 Å². The third kappa shape index (κ3) is 5.50. The van der Waals surface area contributed by atoms with Crippen molar-refractivity contribution in [2.45, 2.75) is 38.5 Å².